The molecule has 0 saturated heterocycles. The molecule has 2 rings (SSSR count). The Bertz CT molecular complexity index is 478. The molecule has 1 aliphatic heterocycles. The standard InChI is InChI=1S/C14H16O4/c1-9-7-11(14(16)18-9)12(15)8-10-5-3-4-6-13(10)17-2/h3-7,11-12,15H,8H2,1-2H3. The fraction of sp³-hybridized carbons (Fsp3) is 0.357. The molecule has 0 saturated carbocycles. The highest BCUT2D eigenvalue weighted by atomic mass is 16.5. The van der Waals surface area contributed by atoms with Crippen molar-refractivity contribution >= 4 is 5.97 Å². The summed E-state index contributed by atoms with van der Waals surface area (Å²) in [6.45, 7) is 1.70. The lowest BCUT2D eigenvalue weighted by atomic mass is 9.96. The van der Waals surface area contributed by atoms with Crippen LogP contribution in [0.25, 0.3) is 0 Å². The van der Waals surface area contributed by atoms with E-state index in [4.69, 9.17) is 9.47 Å². The third-order valence-corrected chi connectivity index (χ3v) is 2.98. The lowest BCUT2D eigenvalue weighted by molar-refractivity contribution is -0.142. The monoisotopic (exact) mass is 248 g/mol. The van der Waals surface area contributed by atoms with E-state index in [1.165, 1.54) is 0 Å². The highest BCUT2D eigenvalue weighted by molar-refractivity contribution is 5.79. The van der Waals surface area contributed by atoms with Crippen molar-refractivity contribution in [2.24, 2.45) is 5.92 Å². The zero-order valence-electron chi connectivity index (χ0n) is 10.4. The third kappa shape index (κ3) is 2.54. The van der Waals surface area contributed by atoms with E-state index >= 15 is 0 Å². The molecular weight excluding hydrogens is 232 g/mol. The molecule has 96 valence electrons. The van der Waals surface area contributed by atoms with E-state index in [-0.39, 0.29) is 0 Å². The quantitative estimate of drug-likeness (QED) is 0.824. The number of carbonyl (C=O) groups excluding carboxylic acids is 1. The average Bonchev–Trinajstić information content (AvgIpc) is 2.69. The van der Waals surface area contributed by atoms with Gasteiger partial charge in [0.1, 0.15) is 17.4 Å². The smallest absolute Gasteiger partial charge is 0.320 e. The van der Waals surface area contributed by atoms with Crippen LogP contribution in [0.3, 0.4) is 0 Å². The first-order chi connectivity index (χ1) is 8.61. The topological polar surface area (TPSA) is 55.8 Å². The Balaban J connectivity index is 2.12. The van der Waals surface area contributed by atoms with Gasteiger partial charge in [-0.3, -0.25) is 4.79 Å². The molecule has 0 bridgehead atoms. The van der Waals surface area contributed by atoms with Crippen LogP contribution < -0.4 is 4.74 Å². The molecule has 4 nitrogen and oxygen atoms in total. The van der Waals surface area contributed by atoms with Gasteiger partial charge in [0.25, 0.3) is 0 Å². The van der Waals surface area contributed by atoms with Crippen molar-refractivity contribution in [3.63, 3.8) is 0 Å². The van der Waals surface area contributed by atoms with Crippen LogP contribution in [0.2, 0.25) is 0 Å². The van der Waals surface area contributed by atoms with E-state index < -0.39 is 18.0 Å². The van der Waals surface area contributed by atoms with E-state index in [9.17, 15) is 9.90 Å². The molecule has 18 heavy (non-hydrogen) atoms. The van der Waals surface area contributed by atoms with Crippen molar-refractivity contribution in [3.05, 3.63) is 41.7 Å². The number of esters is 1. The van der Waals surface area contributed by atoms with Crippen molar-refractivity contribution in [2.75, 3.05) is 7.11 Å². The van der Waals surface area contributed by atoms with Crippen LogP contribution >= 0.6 is 0 Å². The summed E-state index contributed by atoms with van der Waals surface area (Å²) >= 11 is 0. The highest BCUT2D eigenvalue weighted by Gasteiger charge is 2.32. The molecule has 1 heterocycles. The second-order valence-corrected chi connectivity index (χ2v) is 4.31. The Morgan fingerprint density at radius 1 is 1.44 bits per heavy atom. The number of aliphatic hydroxyl groups is 1. The minimum atomic E-state index is -0.800. The normalized spacial score (nSPS) is 20.3. The molecule has 1 N–H and O–H groups in total. The molecule has 0 aliphatic carbocycles. The van der Waals surface area contributed by atoms with Crippen LogP contribution in [-0.2, 0) is 16.0 Å². The minimum absolute atomic E-state index is 0.355. The van der Waals surface area contributed by atoms with E-state index in [0.29, 0.717) is 17.9 Å². The maximum absolute atomic E-state index is 11.5. The molecule has 1 aliphatic rings. The predicted octanol–water partition coefficient (Wildman–Crippen LogP) is 1.68. The third-order valence-electron chi connectivity index (χ3n) is 2.98. The number of hydrogen-bond acceptors (Lipinski definition) is 4. The predicted molar refractivity (Wildman–Crippen MR) is 66.0 cm³/mol. The van der Waals surface area contributed by atoms with Crippen LogP contribution in [0, 0.1) is 5.92 Å². The number of aliphatic hydroxyl groups excluding tert-OH is 1. The summed E-state index contributed by atoms with van der Waals surface area (Å²) in [5.41, 5.74) is 0.873. The molecule has 0 fully saturated rings. The number of allylic oxidation sites excluding steroid dienone is 1. The first kappa shape index (κ1) is 12.6. The molecular formula is C14H16O4. The number of carbonyl (C=O) groups is 1. The second-order valence-electron chi connectivity index (χ2n) is 4.31. The number of methoxy groups -OCH3 is 1. The summed E-state index contributed by atoms with van der Waals surface area (Å²) in [5.74, 6) is 0.275. The zero-order chi connectivity index (χ0) is 13.1. The Morgan fingerprint density at radius 2 is 2.17 bits per heavy atom. The molecule has 0 radical (unpaired) electrons. The van der Waals surface area contributed by atoms with Crippen LogP contribution in [0.15, 0.2) is 36.1 Å². The van der Waals surface area contributed by atoms with Gasteiger partial charge in [0.05, 0.1) is 13.2 Å². The number of rotatable bonds is 4. The fourth-order valence-electron chi connectivity index (χ4n) is 2.07. The Hall–Kier alpha value is -1.81. The molecule has 0 spiro atoms. The van der Waals surface area contributed by atoms with Crippen molar-refractivity contribution < 1.29 is 19.4 Å². The summed E-state index contributed by atoms with van der Waals surface area (Å²) < 4.78 is 10.1. The van der Waals surface area contributed by atoms with Crippen LogP contribution in [-0.4, -0.2) is 24.3 Å². The number of benzene rings is 1. The fourth-order valence-corrected chi connectivity index (χ4v) is 2.07. The summed E-state index contributed by atoms with van der Waals surface area (Å²) in [7, 11) is 1.58. The number of hydrogen-bond donors (Lipinski definition) is 1. The van der Waals surface area contributed by atoms with Gasteiger partial charge in [-0.15, -0.1) is 0 Å². The van der Waals surface area contributed by atoms with Gasteiger partial charge in [-0.2, -0.15) is 0 Å². The summed E-state index contributed by atoms with van der Waals surface area (Å²) in [6, 6.07) is 7.44. The maximum Gasteiger partial charge on any atom is 0.320 e. The van der Waals surface area contributed by atoms with E-state index in [1.807, 2.05) is 24.3 Å². The molecule has 0 aromatic heterocycles. The van der Waals surface area contributed by atoms with Crippen LogP contribution in [0.5, 0.6) is 5.75 Å². The Kier molecular flexibility index (Phi) is 3.67. The Morgan fingerprint density at radius 3 is 2.78 bits per heavy atom. The maximum atomic E-state index is 11.5. The first-order valence-electron chi connectivity index (χ1n) is 5.82. The van der Waals surface area contributed by atoms with E-state index in [0.717, 1.165) is 5.56 Å². The van der Waals surface area contributed by atoms with Gasteiger partial charge in [-0.05, 0) is 24.6 Å². The summed E-state index contributed by atoms with van der Waals surface area (Å²) in [6.07, 6.45) is 1.21. The van der Waals surface area contributed by atoms with Gasteiger partial charge < -0.3 is 14.6 Å². The van der Waals surface area contributed by atoms with E-state index in [1.54, 1.807) is 20.1 Å². The lowest BCUT2D eigenvalue weighted by Gasteiger charge is -2.15. The minimum Gasteiger partial charge on any atom is -0.496 e. The molecule has 0 amide bonds. The van der Waals surface area contributed by atoms with Crippen molar-refractivity contribution in [2.45, 2.75) is 19.4 Å². The lowest BCUT2D eigenvalue weighted by Crippen LogP contribution is -2.26. The number of cyclic esters (lactones) is 1. The van der Waals surface area contributed by atoms with Gasteiger partial charge in [0, 0.05) is 6.42 Å². The van der Waals surface area contributed by atoms with Gasteiger partial charge in [-0.25, -0.2) is 0 Å². The van der Waals surface area contributed by atoms with Crippen LogP contribution in [0.4, 0.5) is 0 Å². The highest BCUT2D eigenvalue weighted by Crippen LogP contribution is 2.25. The summed E-state index contributed by atoms with van der Waals surface area (Å²) in [4.78, 5) is 11.5. The van der Waals surface area contributed by atoms with Gasteiger partial charge >= 0.3 is 5.97 Å². The molecule has 2 unspecified atom stereocenters. The molecule has 4 heteroatoms. The number of ether oxygens (including phenoxy) is 2. The van der Waals surface area contributed by atoms with Gasteiger partial charge in [0.15, 0.2) is 0 Å². The largest absolute Gasteiger partial charge is 0.496 e. The SMILES string of the molecule is COc1ccccc1CC(O)C1C=C(C)OC1=O. The van der Waals surface area contributed by atoms with Gasteiger partial charge in [0.2, 0.25) is 0 Å². The Labute approximate surface area is 106 Å². The average molecular weight is 248 g/mol. The van der Waals surface area contributed by atoms with Gasteiger partial charge in [-0.1, -0.05) is 18.2 Å². The molecule has 1 aromatic rings. The van der Waals surface area contributed by atoms with Crippen LogP contribution in [0.1, 0.15) is 12.5 Å². The molecule has 1 aromatic carbocycles. The summed E-state index contributed by atoms with van der Waals surface area (Å²) in [5, 5.41) is 10.1. The van der Waals surface area contributed by atoms with Crippen molar-refractivity contribution in [1.29, 1.82) is 0 Å². The zero-order valence-corrected chi connectivity index (χ0v) is 10.4. The first-order valence-corrected chi connectivity index (χ1v) is 5.82. The van der Waals surface area contributed by atoms with Crippen molar-refractivity contribution in [1.82, 2.24) is 0 Å². The second kappa shape index (κ2) is 5.23. The van der Waals surface area contributed by atoms with Crippen molar-refractivity contribution in [3.8, 4) is 5.75 Å². The van der Waals surface area contributed by atoms with E-state index in [2.05, 4.69) is 0 Å². The number of para-hydroxylation sites is 1. The molecule has 2 atom stereocenters.